The molecule has 4 amide bonds. The summed E-state index contributed by atoms with van der Waals surface area (Å²) in [6.45, 7) is -0.0362. The highest BCUT2D eigenvalue weighted by molar-refractivity contribution is 6.08. The fraction of sp³-hybridized carbons (Fsp3) is 0.517. The highest BCUT2D eigenvalue weighted by atomic mass is 16.5. The van der Waals surface area contributed by atoms with Crippen molar-refractivity contribution in [3.8, 4) is 11.5 Å². The number of amides is 4. The first kappa shape index (κ1) is 28.3. The summed E-state index contributed by atoms with van der Waals surface area (Å²) in [6, 6.07) is 4.70. The second kappa shape index (κ2) is 11.0. The quantitative estimate of drug-likeness (QED) is 0.278. The summed E-state index contributed by atoms with van der Waals surface area (Å²) in [4.78, 5) is 78.6. The van der Waals surface area contributed by atoms with E-state index in [0.717, 1.165) is 15.4 Å². The van der Waals surface area contributed by atoms with Crippen LogP contribution in [0.15, 0.2) is 29.8 Å². The van der Waals surface area contributed by atoms with Crippen molar-refractivity contribution < 1.29 is 48.8 Å². The van der Waals surface area contributed by atoms with E-state index in [-0.39, 0.29) is 69.0 Å². The molecule has 1 aromatic carbocycles. The van der Waals surface area contributed by atoms with Gasteiger partial charge in [-0.2, -0.15) is 0 Å². The van der Waals surface area contributed by atoms with Gasteiger partial charge in [-0.1, -0.05) is 17.7 Å². The molecule has 12 nitrogen and oxygen atoms in total. The number of carbonyl (C=O) groups excluding carboxylic acids is 4. The maximum Gasteiger partial charge on any atom is 0.303 e. The van der Waals surface area contributed by atoms with Gasteiger partial charge in [0.1, 0.15) is 0 Å². The Morgan fingerprint density at radius 3 is 2.02 bits per heavy atom. The molecule has 0 aromatic heterocycles. The Kier molecular flexibility index (Phi) is 7.58. The van der Waals surface area contributed by atoms with Crippen LogP contribution in [0.25, 0.3) is 0 Å². The third-order valence-corrected chi connectivity index (χ3v) is 8.94. The van der Waals surface area contributed by atoms with Crippen molar-refractivity contribution in [3.63, 3.8) is 0 Å². The summed E-state index contributed by atoms with van der Waals surface area (Å²) in [6.07, 6.45) is 2.21. The molecule has 0 spiro atoms. The number of hydrogen-bond acceptors (Lipinski definition) is 8. The average molecular weight is 569 g/mol. The van der Waals surface area contributed by atoms with Gasteiger partial charge >= 0.3 is 11.9 Å². The largest absolute Gasteiger partial charge is 0.504 e. The lowest BCUT2D eigenvalue weighted by Crippen LogP contribution is -2.43. The summed E-state index contributed by atoms with van der Waals surface area (Å²) >= 11 is 0. The Morgan fingerprint density at radius 2 is 1.44 bits per heavy atom. The van der Waals surface area contributed by atoms with E-state index in [9.17, 15) is 33.9 Å². The first-order valence-electron chi connectivity index (χ1n) is 13.8. The molecular formula is C29H32N2O10. The van der Waals surface area contributed by atoms with Crippen molar-refractivity contribution in [2.45, 2.75) is 44.4 Å². The number of aliphatic carboxylic acids is 2. The minimum absolute atomic E-state index is 0.00155. The van der Waals surface area contributed by atoms with Crippen LogP contribution in [0.1, 0.15) is 50.0 Å². The molecule has 4 aliphatic rings. The van der Waals surface area contributed by atoms with Crippen LogP contribution in [0.2, 0.25) is 0 Å². The van der Waals surface area contributed by atoms with E-state index < -0.39 is 65.2 Å². The topological polar surface area (TPSA) is 179 Å². The molecule has 0 radical (unpaired) electrons. The molecule has 41 heavy (non-hydrogen) atoms. The van der Waals surface area contributed by atoms with Crippen molar-refractivity contribution >= 4 is 35.6 Å². The van der Waals surface area contributed by atoms with Gasteiger partial charge < -0.3 is 20.1 Å². The number of carbonyl (C=O) groups is 6. The molecule has 6 unspecified atom stereocenters. The summed E-state index contributed by atoms with van der Waals surface area (Å²) in [5.74, 6) is -7.61. The summed E-state index contributed by atoms with van der Waals surface area (Å²) in [5, 5.41) is 28.2. The number of aromatic hydroxyl groups is 1. The molecule has 3 N–H and O–H groups in total. The van der Waals surface area contributed by atoms with Crippen LogP contribution in [0.3, 0.4) is 0 Å². The predicted octanol–water partition coefficient (Wildman–Crippen LogP) is 1.77. The Labute approximate surface area is 235 Å². The van der Waals surface area contributed by atoms with Crippen LogP contribution in [0, 0.1) is 29.6 Å². The summed E-state index contributed by atoms with van der Waals surface area (Å²) in [7, 11) is 1.39. The number of ether oxygens (including phenoxy) is 1. The number of likely N-dealkylation sites (tertiary alicyclic amines) is 2. The number of benzene rings is 1. The number of nitrogens with zero attached hydrogens (tertiary/aromatic N) is 2. The molecule has 1 saturated carbocycles. The summed E-state index contributed by atoms with van der Waals surface area (Å²) in [5.41, 5.74) is 1.40. The van der Waals surface area contributed by atoms with E-state index in [2.05, 4.69) is 0 Å². The van der Waals surface area contributed by atoms with Crippen molar-refractivity contribution in [1.29, 1.82) is 0 Å². The summed E-state index contributed by atoms with van der Waals surface area (Å²) < 4.78 is 5.30. The molecular weight excluding hydrogens is 536 g/mol. The highest BCUT2D eigenvalue weighted by Crippen LogP contribution is 2.58. The molecule has 12 heteroatoms. The zero-order valence-electron chi connectivity index (χ0n) is 22.5. The smallest absolute Gasteiger partial charge is 0.303 e. The second-order valence-electron chi connectivity index (χ2n) is 11.1. The number of methoxy groups -OCH3 is 1. The zero-order valence-corrected chi connectivity index (χ0v) is 22.5. The molecule has 2 heterocycles. The fourth-order valence-electron chi connectivity index (χ4n) is 7.20. The van der Waals surface area contributed by atoms with Crippen molar-refractivity contribution in [1.82, 2.24) is 9.80 Å². The van der Waals surface area contributed by atoms with Gasteiger partial charge in [0, 0.05) is 31.8 Å². The SMILES string of the molecule is COc1cc(C2C3=CCC4C(=O)N(CCCC(=O)O)C(=O)C4C3CC3C(=O)N(CCCC(=O)O)C(=O)C32)ccc1O. The molecule has 5 rings (SSSR count). The fourth-order valence-corrected chi connectivity index (χ4v) is 7.20. The lowest BCUT2D eigenvalue weighted by atomic mass is 9.57. The third-order valence-electron chi connectivity index (χ3n) is 8.94. The maximum absolute atomic E-state index is 13.7. The molecule has 3 fully saturated rings. The number of phenols is 1. The predicted molar refractivity (Wildman–Crippen MR) is 139 cm³/mol. The molecule has 6 atom stereocenters. The molecule has 1 aromatic rings. The Bertz CT molecular complexity index is 1350. The van der Waals surface area contributed by atoms with Gasteiger partial charge in [-0.15, -0.1) is 0 Å². The van der Waals surface area contributed by atoms with Crippen LogP contribution in [-0.2, 0) is 28.8 Å². The van der Waals surface area contributed by atoms with Crippen molar-refractivity contribution in [3.05, 3.63) is 35.4 Å². The van der Waals surface area contributed by atoms with Gasteiger partial charge in [-0.05, 0) is 49.3 Å². The van der Waals surface area contributed by atoms with Crippen molar-refractivity contribution in [2.24, 2.45) is 29.6 Å². The first-order chi connectivity index (χ1) is 19.5. The van der Waals surface area contributed by atoms with Crippen molar-refractivity contribution in [2.75, 3.05) is 20.2 Å². The van der Waals surface area contributed by atoms with Crippen LogP contribution in [0.4, 0.5) is 0 Å². The number of fused-ring (bicyclic) bond motifs is 4. The van der Waals surface area contributed by atoms with E-state index in [1.807, 2.05) is 6.08 Å². The first-order valence-corrected chi connectivity index (χ1v) is 13.8. The average Bonchev–Trinajstić information content (AvgIpc) is 3.32. The van der Waals surface area contributed by atoms with Crippen LogP contribution in [0.5, 0.6) is 11.5 Å². The van der Waals surface area contributed by atoms with Crippen LogP contribution >= 0.6 is 0 Å². The molecule has 0 bridgehead atoms. The normalized spacial score (nSPS) is 28.8. The molecule has 2 saturated heterocycles. The maximum atomic E-state index is 13.7. The standard InChI is InChI=1S/C29H32N2O10/c1-41-20-12-14(6-9-19(20)32)23-15-7-8-16-24(28(39)30(26(16)37)10-2-4-21(33)34)17(15)13-18-25(23)29(40)31(27(18)38)11-3-5-22(35)36/h6-7,9,12,16-18,23-25,32H,2-5,8,10-11,13H2,1H3,(H,33,34)(H,35,36). The number of allylic oxidation sites excluding steroid dienone is 2. The number of phenolic OH excluding ortho intramolecular Hbond substituents is 1. The molecule has 218 valence electrons. The van der Waals surface area contributed by atoms with Gasteiger partial charge in [-0.25, -0.2) is 0 Å². The van der Waals surface area contributed by atoms with Gasteiger partial charge in [-0.3, -0.25) is 38.6 Å². The monoisotopic (exact) mass is 568 g/mol. The third kappa shape index (κ3) is 4.85. The number of carboxylic acid groups (broad SMARTS) is 2. The molecule has 2 aliphatic carbocycles. The minimum Gasteiger partial charge on any atom is -0.504 e. The molecule has 2 aliphatic heterocycles. The Hall–Kier alpha value is -4.22. The second-order valence-corrected chi connectivity index (χ2v) is 11.1. The Morgan fingerprint density at radius 1 is 0.854 bits per heavy atom. The van der Waals surface area contributed by atoms with E-state index in [4.69, 9.17) is 14.9 Å². The van der Waals surface area contributed by atoms with E-state index in [1.165, 1.54) is 13.2 Å². The van der Waals surface area contributed by atoms with Gasteiger partial charge in [0.15, 0.2) is 11.5 Å². The number of hydrogen-bond donors (Lipinski definition) is 3. The van der Waals surface area contributed by atoms with E-state index in [0.29, 0.717) is 5.56 Å². The number of rotatable bonds is 10. The lowest BCUT2D eigenvalue weighted by molar-refractivity contribution is -0.143. The minimum atomic E-state index is -1.03. The highest BCUT2D eigenvalue weighted by Gasteiger charge is 2.61. The van der Waals surface area contributed by atoms with Gasteiger partial charge in [0.25, 0.3) is 0 Å². The van der Waals surface area contributed by atoms with Crippen LogP contribution in [-0.4, -0.2) is 80.9 Å². The van der Waals surface area contributed by atoms with E-state index >= 15 is 0 Å². The van der Waals surface area contributed by atoms with Crippen LogP contribution < -0.4 is 4.74 Å². The van der Waals surface area contributed by atoms with Gasteiger partial charge in [0.05, 0.1) is 30.8 Å². The lowest BCUT2D eigenvalue weighted by Gasteiger charge is -2.44. The van der Waals surface area contributed by atoms with E-state index in [1.54, 1.807) is 12.1 Å². The van der Waals surface area contributed by atoms with Gasteiger partial charge in [0.2, 0.25) is 23.6 Å². The Balaban J connectivity index is 1.52. The number of imide groups is 2. The zero-order chi connectivity index (χ0) is 29.6. The number of carboxylic acids is 2.